The van der Waals surface area contributed by atoms with Crippen molar-refractivity contribution in [3.05, 3.63) is 41.7 Å². The summed E-state index contributed by atoms with van der Waals surface area (Å²) in [6.45, 7) is -0.562. The number of carboxylic acids is 1. The number of aromatic nitrogens is 4. The van der Waals surface area contributed by atoms with Crippen LogP contribution >= 0.6 is 0 Å². The fourth-order valence-corrected chi connectivity index (χ4v) is 7.74. The largest absolute Gasteiger partial charge is 0.480 e. The summed E-state index contributed by atoms with van der Waals surface area (Å²) in [5.74, 6) is -2.57. The second-order valence-corrected chi connectivity index (χ2v) is 16.2. The molecule has 20 N–H and O–H groups in total. The Morgan fingerprint density at radius 3 is 2.19 bits per heavy atom. The first-order valence-corrected chi connectivity index (χ1v) is 20.5. The van der Waals surface area contributed by atoms with Crippen LogP contribution in [0.25, 0.3) is 11.2 Å². The van der Waals surface area contributed by atoms with Crippen molar-refractivity contribution in [1.29, 1.82) is 0 Å². The van der Waals surface area contributed by atoms with Gasteiger partial charge in [-0.15, -0.1) is 0 Å². The summed E-state index contributed by atoms with van der Waals surface area (Å²) in [6, 6.07) is 1.05. The third-order valence-corrected chi connectivity index (χ3v) is 11.4. The smallest absolute Gasteiger partial charge is 0.326 e. The highest BCUT2D eigenvalue weighted by Gasteiger charge is 2.50. The summed E-state index contributed by atoms with van der Waals surface area (Å²) >= 11 is 0. The zero-order valence-electron chi connectivity index (χ0n) is 34.7. The molecule has 6 rings (SSSR count). The van der Waals surface area contributed by atoms with Gasteiger partial charge in [0.05, 0.1) is 43.2 Å². The SMILES string of the molecule is CN(Cc1cnc2nc(N)nc(N)c2n1)c1ccc(C(=O)NC(CCC(=O)NC[C@H]2O[C@H](O[C@H]3[C@H](O)[C@@H](O[C@H]4O[C@H](CO)[C@@H](O)[C@H](N)[C@H]4O)[C@H](N)C[C@@H]3N)[C@H](N)C[C@@H]2O)C(=O)O)cc1. The highest BCUT2D eigenvalue weighted by Crippen LogP contribution is 2.31. The highest BCUT2D eigenvalue weighted by atomic mass is 16.7. The summed E-state index contributed by atoms with van der Waals surface area (Å²) in [7, 11) is 1.79. The molecule has 352 valence electrons. The van der Waals surface area contributed by atoms with Crippen LogP contribution in [0.2, 0.25) is 0 Å². The molecule has 0 radical (unpaired) electrons. The van der Waals surface area contributed by atoms with E-state index in [1.165, 1.54) is 18.3 Å². The molecular weight excluding hydrogens is 846 g/mol. The van der Waals surface area contributed by atoms with Crippen LogP contribution in [0.1, 0.15) is 41.7 Å². The number of carbonyl (C=O) groups is 3. The van der Waals surface area contributed by atoms with Crippen LogP contribution < -0.4 is 49.9 Å². The third kappa shape index (κ3) is 11.2. The molecule has 1 aromatic carbocycles. The van der Waals surface area contributed by atoms with Crippen LogP contribution in [0.3, 0.4) is 0 Å². The molecular formula is C38H57N13O13. The van der Waals surface area contributed by atoms with Crippen molar-refractivity contribution < 1.29 is 64.0 Å². The van der Waals surface area contributed by atoms with Crippen LogP contribution in [0.4, 0.5) is 17.5 Å². The fourth-order valence-electron chi connectivity index (χ4n) is 7.74. The topological polar surface area (TPSA) is 444 Å². The lowest BCUT2D eigenvalue weighted by atomic mass is 9.84. The molecule has 3 aliphatic rings. The molecule has 1 unspecified atom stereocenters. The van der Waals surface area contributed by atoms with E-state index >= 15 is 0 Å². The number of nitrogens with one attached hydrogen (secondary N) is 2. The predicted molar refractivity (Wildman–Crippen MR) is 223 cm³/mol. The van der Waals surface area contributed by atoms with Gasteiger partial charge in [-0.05, 0) is 43.5 Å². The van der Waals surface area contributed by atoms with Crippen LogP contribution in [0.5, 0.6) is 0 Å². The molecule has 2 aromatic heterocycles. The Hall–Kier alpha value is -5.07. The maximum Gasteiger partial charge on any atom is 0.326 e. The number of nitrogens with zero attached hydrogens (tertiary/aromatic N) is 5. The molecule has 3 aromatic rings. The number of nitrogen functional groups attached to an aromatic ring is 2. The third-order valence-electron chi connectivity index (χ3n) is 11.4. The summed E-state index contributed by atoms with van der Waals surface area (Å²) in [4.78, 5) is 56.6. The van der Waals surface area contributed by atoms with Crippen molar-refractivity contribution >= 4 is 46.4 Å². The molecule has 0 bridgehead atoms. The fraction of sp³-hybridized carbons (Fsp3) is 0.605. The average molecular weight is 904 g/mol. The number of aliphatic hydroxyl groups is 5. The molecule has 1 saturated carbocycles. The van der Waals surface area contributed by atoms with Gasteiger partial charge in [-0.3, -0.25) is 9.59 Å². The zero-order chi connectivity index (χ0) is 46.6. The van der Waals surface area contributed by atoms with E-state index < -0.39 is 116 Å². The Bertz CT molecular complexity index is 2090. The van der Waals surface area contributed by atoms with E-state index in [-0.39, 0.29) is 55.2 Å². The normalized spacial score (nSPS) is 32.4. The molecule has 1 aliphatic carbocycles. The molecule has 2 aliphatic heterocycles. The second kappa shape index (κ2) is 20.8. The number of carbonyl (C=O) groups excluding carboxylic acids is 2. The van der Waals surface area contributed by atoms with E-state index in [9.17, 15) is 45.0 Å². The molecule has 64 heavy (non-hydrogen) atoms. The number of anilines is 3. The van der Waals surface area contributed by atoms with Crippen LogP contribution in [0.15, 0.2) is 30.5 Å². The number of amides is 2. The number of hydrogen-bond acceptors (Lipinski definition) is 23. The Kier molecular flexibility index (Phi) is 15.8. The minimum absolute atomic E-state index is 0.0185. The van der Waals surface area contributed by atoms with Gasteiger partial charge in [-0.1, -0.05) is 0 Å². The van der Waals surface area contributed by atoms with E-state index in [0.717, 1.165) is 0 Å². The van der Waals surface area contributed by atoms with Gasteiger partial charge in [-0.2, -0.15) is 9.97 Å². The van der Waals surface area contributed by atoms with Gasteiger partial charge in [0.25, 0.3) is 5.91 Å². The molecule has 2 amide bonds. The number of rotatable bonds is 16. The van der Waals surface area contributed by atoms with Gasteiger partial charge in [0.15, 0.2) is 29.6 Å². The number of nitrogens with two attached hydrogens (primary N) is 6. The van der Waals surface area contributed by atoms with Crippen molar-refractivity contribution in [3.8, 4) is 0 Å². The van der Waals surface area contributed by atoms with Crippen LogP contribution in [-0.2, 0) is 35.1 Å². The number of aliphatic hydroxyl groups excluding tert-OH is 5. The van der Waals surface area contributed by atoms with E-state index in [2.05, 4.69) is 30.6 Å². The van der Waals surface area contributed by atoms with Gasteiger partial charge in [0, 0.05) is 43.3 Å². The number of aliphatic carboxylic acids is 1. The van der Waals surface area contributed by atoms with Crippen molar-refractivity contribution in [2.24, 2.45) is 22.9 Å². The minimum Gasteiger partial charge on any atom is -0.480 e. The zero-order valence-corrected chi connectivity index (χ0v) is 34.7. The Morgan fingerprint density at radius 2 is 1.53 bits per heavy atom. The quantitative estimate of drug-likeness (QED) is 0.0636. The van der Waals surface area contributed by atoms with E-state index in [1.54, 1.807) is 19.2 Å². The van der Waals surface area contributed by atoms with Crippen molar-refractivity contribution in [1.82, 2.24) is 30.6 Å². The van der Waals surface area contributed by atoms with Gasteiger partial charge >= 0.3 is 5.97 Å². The molecule has 15 atom stereocenters. The summed E-state index contributed by atoms with van der Waals surface area (Å²) in [5.41, 5.74) is 38.3. The molecule has 0 spiro atoms. The number of hydrogen-bond donors (Lipinski definition) is 14. The van der Waals surface area contributed by atoms with E-state index in [1.807, 2.05) is 4.90 Å². The Morgan fingerprint density at radius 1 is 0.875 bits per heavy atom. The number of carboxylic acid groups (broad SMARTS) is 1. The monoisotopic (exact) mass is 903 g/mol. The maximum absolute atomic E-state index is 13.1. The first-order valence-electron chi connectivity index (χ1n) is 20.5. The first kappa shape index (κ1) is 48.4. The molecule has 3 fully saturated rings. The lowest BCUT2D eigenvalue weighted by Gasteiger charge is -2.47. The summed E-state index contributed by atoms with van der Waals surface area (Å²) in [5, 5.41) is 67.4. The number of ether oxygens (including phenoxy) is 4. The molecule has 2 saturated heterocycles. The molecule has 26 heteroatoms. The minimum atomic E-state index is -1.55. The summed E-state index contributed by atoms with van der Waals surface area (Å²) in [6.07, 6.45) is -12.1. The van der Waals surface area contributed by atoms with Crippen molar-refractivity contribution in [2.45, 2.75) is 124 Å². The predicted octanol–water partition coefficient (Wildman–Crippen LogP) is -5.94. The van der Waals surface area contributed by atoms with Crippen LogP contribution in [0, 0.1) is 0 Å². The Balaban J connectivity index is 0.976. The standard InChI is InChI=1S/C38H57N13O13/c1-51(12-15-10-46-33-26(47-15)32(43)49-38(44)50-33)16-4-2-14(3-5-16)34(58)48-20(35(59)60)6-7-24(54)45-11-22-21(53)9-19(41)36(61-22)63-30-17(39)8-18(40)31(29(30)57)64-37-28(56)25(42)27(55)23(13-52)62-37/h2-5,10,17-23,25,27-31,36-37,52-53,55-57H,6-9,11-13,39-42H2,1H3,(H,45,54)(H,48,58)(H,59,60)(H4,43,44,46,49,50)/t17-,18+,19+,20?,21-,22+,23+,25-,27+,28+,29-,30+,31-,36+,37+/m0/s1. The molecule has 4 heterocycles. The Labute approximate surface area is 365 Å². The van der Waals surface area contributed by atoms with Crippen LogP contribution in [-0.4, -0.2) is 180 Å². The lowest BCUT2D eigenvalue weighted by molar-refractivity contribution is -0.315. The lowest BCUT2D eigenvalue weighted by Crippen LogP contribution is -2.68. The van der Waals surface area contributed by atoms with E-state index in [4.69, 9.17) is 53.3 Å². The van der Waals surface area contributed by atoms with Gasteiger partial charge in [0.1, 0.15) is 48.8 Å². The van der Waals surface area contributed by atoms with Gasteiger partial charge in [0.2, 0.25) is 11.9 Å². The maximum atomic E-state index is 13.1. The second-order valence-electron chi connectivity index (χ2n) is 16.2. The first-order chi connectivity index (χ1) is 30.3. The van der Waals surface area contributed by atoms with Gasteiger partial charge < -0.3 is 99.5 Å². The molecule has 26 nitrogen and oxygen atoms in total. The van der Waals surface area contributed by atoms with Crippen molar-refractivity contribution in [2.75, 3.05) is 36.6 Å². The average Bonchev–Trinajstić information content (AvgIpc) is 3.25. The van der Waals surface area contributed by atoms with Crippen molar-refractivity contribution in [3.63, 3.8) is 0 Å². The highest BCUT2D eigenvalue weighted by molar-refractivity contribution is 5.97. The van der Waals surface area contributed by atoms with E-state index in [0.29, 0.717) is 23.4 Å². The number of fused-ring (bicyclic) bond motifs is 1. The number of benzene rings is 1. The van der Waals surface area contributed by atoms with Gasteiger partial charge in [-0.25, -0.2) is 14.8 Å². The summed E-state index contributed by atoms with van der Waals surface area (Å²) < 4.78 is 23.3.